The van der Waals surface area contributed by atoms with E-state index in [1.165, 1.54) is 38.6 Å². The summed E-state index contributed by atoms with van der Waals surface area (Å²) in [5.41, 5.74) is 6.44. The van der Waals surface area contributed by atoms with E-state index in [1.54, 1.807) is 11.1 Å². The van der Waals surface area contributed by atoms with Crippen molar-refractivity contribution in [2.24, 2.45) is 22.7 Å². The Bertz CT molecular complexity index is 1580. The number of likely N-dealkylation sites (tertiary alicyclic amines) is 1. The van der Waals surface area contributed by atoms with Crippen LogP contribution in [-0.2, 0) is 9.53 Å². The Kier molecular flexibility index (Phi) is 9.56. The third-order valence-corrected chi connectivity index (χ3v) is 10.1. The fourth-order valence-electron chi connectivity index (χ4n) is 7.54. The number of hydrogen-bond acceptors (Lipinski definition) is 6. The van der Waals surface area contributed by atoms with Crippen LogP contribution in [0.2, 0.25) is 0 Å². The lowest BCUT2D eigenvalue weighted by Gasteiger charge is -2.29. The Hall–Kier alpha value is -4.40. The van der Waals surface area contributed by atoms with E-state index in [1.807, 2.05) is 33.3 Å². The molecule has 1 aliphatic heterocycles. The van der Waals surface area contributed by atoms with E-state index in [4.69, 9.17) is 9.72 Å². The average molecular weight is 623 g/mol. The second-order valence-corrected chi connectivity index (χ2v) is 13.3. The fourth-order valence-corrected chi connectivity index (χ4v) is 7.54. The first-order valence-corrected chi connectivity index (χ1v) is 16.7. The number of rotatable bonds is 10. The van der Waals surface area contributed by atoms with Gasteiger partial charge in [-0.05, 0) is 72.1 Å². The van der Waals surface area contributed by atoms with Gasteiger partial charge in [0.05, 0.1) is 36.9 Å². The Balaban J connectivity index is 1.09. The zero-order chi connectivity index (χ0) is 32.2. The largest absolute Gasteiger partial charge is 0.453 e. The van der Waals surface area contributed by atoms with E-state index in [9.17, 15) is 9.59 Å². The molecule has 3 aromatic rings. The third-order valence-electron chi connectivity index (χ3n) is 10.1. The summed E-state index contributed by atoms with van der Waals surface area (Å²) in [5.74, 6) is 3.31. The van der Waals surface area contributed by atoms with Gasteiger partial charge in [-0.25, -0.2) is 9.78 Å². The van der Waals surface area contributed by atoms with E-state index < -0.39 is 12.1 Å². The highest BCUT2D eigenvalue weighted by atomic mass is 16.5. The van der Waals surface area contributed by atoms with Crippen LogP contribution in [-0.4, -0.2) is 65.9 Å². The van der Waals surface area contributed by atoms with Crippen LogP contribution in [0.5, 0.6) is 0 Å². The maximum Gasteiger partial charge on any atom is 0.407 e. The summed E-state index contributed by atoms with van der Waals surface area (Å²) in [7, 11) is 3.18. The number of methoxy groups -OCH3 is 1. The van der Waals surface area contributed by atoms with Crippen molar-refractivity contribution in [2.45, 2.75) is 70.4 Å². The van der Waals surface area contributed by atoms with Gasteiger partial charge in [-0.2, -0.15) is 0 Å². The van der Waals surface area contributed by atoms with E-state index in [-0.39, 0.29) is 17.9 Å². The van der Waals surface area contributed by atoms with Crippen molar-refractivity contribution >= 4 is 23.9 Å². The smallest absolute Gasteiger partial charge is 0.407 e. The Morgan fingerprint density at radius 3 is 2.37 bits per heavy atom. The molecule has 1 aromatic heterocycles. The molecule has 46 heavy (non-hydrogen) atoms. The van der Waals surface area contributed by atoms with E-state index >= 15 is 0 Å². The minimum atomic E-state index is -0.644. The summed E-state index contributed by atoms with van der Waals surface area (Å²) in [6.07, 6.45) is 12.2. The molecule has 242 valence electrons. The van der Waals surface area contributed by atoms with Crippen LogP contribution in [0.4, 0.5) is 4.79 Å². The van der Waals surface area contributed by atoms with Crippen molar-refractivity contribution in [1.82, 2.24) is 25.5 Å². The number of aromatic amines is 1. The zero-order valence-electron chi connectivity index (χ0n) is 27.3. The molecule has 0 spiro atoms. The first-order valence-electron chi connectivity index (χ1n) is 16.7. The first kappa shape index (κ1) is 31.6. The van der Waals surface area contributed by atoms with Crippen LogP contribution in [0.15, 0.2) is 65.9 Å². The van der Waals surface area contributed by atoms with Gasteiger partial charge in [-0.15, -0.1) is 0 Å². The van der Waals surface area contributed by atoms with E-state index in [0.717, 1.165) is 58.3 Å². The Morgan fingerprint density at radius 1 is 1.02 bits per heavy atom. The molecule has 2 bridgehead atoms. The molecule has 9 nitrogen and oxygen atoms in total. The maximum absolute atomic E-state index is 13.3. The van der Waals surface area contributed by atoms with E-state index in [0.29, 0.717) is 12.5 Å². The normalized spacial score (nSPS) is 23.3. The summed E-state index contributed by atoms with van der Waals surface area (Å²) >= 11 is 0. The van der Waals surface area contributed by atoms with Gasteiger partial charge in [-0.1, -0.05) is 68.8 Å². The number of aromatic nitrogens is 2. The van der Waals surface area contributed by atoms with Gasteiger partial charge in [0.15, 0.2) is 0 Å². The highest BCUT2D eigenvalue weighted by Gasteiger charge is 2.41. The lowest BCUT2D eigenvalue weighted by atomic mass is 9.88. The number of aliphatic imine (C=N–C) groups is 1. The lowest BCUT2D eigenvalue weighted by molar-refractivity contribution is -0.134. The van der Waals surface area contributed by atoms with Crippen LogP contribution >= 0.6 is 0 Å². The van der Waals surface area contributed by atoms with Crippen molar-refractivity contribution < 1.29 is 14.3 Å². The molecule has 5 atom stereocenters. The maximum atomic E-state index is 13.3. The number of nitrogens with one attached hydrogen (secondary N) is 3. The summed E-state index contributed by atoms with van der Waals surface area (Å²) < 4.78 is 4.73. The van der Waals surface area contributed by atoms with Gasteiger partial charge in [0.25, 0.3) is 0 Å². The molecule has 2 saturated carbocycles. The predicted octanol–water partition coefficient (Wildman–Crippen LogP) is 6.61. The second kappa shape index (κ2) is 13.9. The third kappa shape index (κ3) is 6.73. The molecule has 0 radical (unpaired) electrons. The molecule has 6 rings (SSSR count). The molecule has 1 saturated heterocycles. The standard InChI is InChI=1S/C37H46N6O3/c1-23(2)34(42-37(45)46-4)36(44)43-17-5-6-30(43)20-39-21-32(38-3)27-13-9-25(10-14-27)26-11-15-28(16-12-26)33-22-40-35(41-33)31-19-24-7-8-29(31)18-24/h9-16,20-24,29-31,34,38H,5-8,17-19H2,1-4H3,(H,40,41)(H,42,45)/b32-21-,39-20?/t24?,29?,30?,31-,34?/m1/s1. The van der Waals surface area contributed by atoms with Crippen LogP contribution in [0.3, 0.4) is 0 Å². The van der Waals surface area contributed by atoms with Gasteiger partial charge in [0, 0.05) is 25.7 Å². The number of nitrogens with zero attached hydrogens (tertiary/aromatic N) is 3. The molecule has 2 aromatic carbocycles. The molecular formula is C37H46N6O3. The van der Waals surface area contributed by atoms with Gasteiger partial charge >= 0.3 is 6.09 Å². The number of carbonyl (C=O) groups is 2. The minimum Gasteiger partial charge on any atom is -0.453 e. The molecular weight excluding hydrogens is 576 g/mol. The number of ether oxygens (including phenoxy) is 1. The lowest BCUT2D eigenvalue weighted by Crippen LogP contribution is -2.52. The SMILES string of the molecule is CN/C(=C\N=CC1CCCN1C(=O)C(NC(=O)OC)C(C)C)c1ccc(-c2ccc(-c3cnc([C@@H]4CC5CCC4C5)[nH]3)cc2)cc1. The number of carbonyl (C=O) groups excluding carboxylic acids is 2. The Morgan fingerprint density at radius 2 is 1.74 bits per heavy atom. The highest BCUT2D eigenvalue weighted by Crippen LogP contribution is 2.52. The molecule has 2 heterocycles. The minimum absolute atomic E-state index is 0.0673. The summed E-state index contributed by atoms with van der Waals surface area (Å²) in [4.78, 5) is 39.9. The quantitative estimate of drug-likeness (QED) is 0.221. The van der Waals surface area contributed by atoms with Crippen molar-refractivity contribution in [1.29, 1.82) is 0 Å². The van der Waals surface area contributed by atoms with Crippen LogP contribution in [0, 0.1) is 17.8 Å². The number of fused-ring (bicyclic) bond motifs is 2. The average Bonchev–Trinajstić information content (AvgIpc) is 3.91. The number of hydrogen-bond donors (Lipinski definition) is 3. The second-order valence-electron chi connectivity index (χ2n) is 13.3. The predicted molar refractivity (Wildman–Crippen MR) is 182 cm³/mol. The van der Waals surface area contributed by atoms with Gasteiger partial charge < -0.3 is 25.3 Å². The van der Waals surface area contributed by atoms with Gasteiger partial charge in [-0.3, -0.25) is 9.79 Å². The monoisotopic (exact) mass is 622 g/mol. The number of alkyl carbamates (subject to hydrolysis) is 1. The number of amides is 2. The number of benzene rings is 2. The van der Waals surface area contributed by atoms with Crippen molar-refractivity contribution in [3.8, 4) is 22.4 Å². The van der Waals surface area contributed by atoms with Crippen molar-refractivity contribution in [2.75, 3.05) is 20.7 Å². The highest BCUT2D eigenvalue weighted by molar-refractivity contribution is 5.89. The van der Waals surface area contributed by atoms with Gasteiger partial charge in [0.2, 0.25) is 5.91 Å². The topological polar surface area (TPSA) is 112 Å². The van der Waals surface area contributed by atoms with E-state index in [2.05, 4.69) is 69.1 Å². The zero-order valence-corrected chi connectivity index (χ0v) is 27.3. The van der Waals surface area contributed by atoms with Crippen molar-refractivity contribution in [3.63, 3.8) is 0 Å². The number of H-pyrrole nitrogens is 1. The molecule has 2 amide bonds. The summed E-state index contributed by atoms with van der Waals surface area (Å²) in [5, 5.41) is 5.94. The molecule has 3 aliphatic rings. The molecule has 2 aliphatic carbocycles. The first-order chi connectivity index (χ1) is 22.3. The van der Waals surface area contributed by atoms with Crippen LogP contribution in [0.25, 0.3) is 28.1 Å². The fraction of sp³-hybridized carbons (Fsp3) is 0.459. The number of imidazole rings is 1. The Labute approximate surface area is 271 Å². The van der Waals surface area contributed by atoms with Crippen LogP contribution in [0.1, 0.15) is 69.7 Å². The van der Waals surface area contributed by atoms with Gasteiger partial charge in [0.1, 0.15) is 11.9 Å². The molecule has 3 fully saturated rings. The molecule has 9 heteroatoms. The summed E-state index contributed by atoms with van der Waals surface area (Å²) in [6, 6.07) is 16.3. The summed E-state index contributed by atoms with van der Waals surface area (Å²) in [6.45, 7) is 4.46. The van der Waals surface area contributed by atoms with Crippen LogP contribution < -0.4 is 10.6 Å². The van der Waals surface area contributed by atoms with Crippen molar-refractivity contribution in [3.05, 3.63) is 72.3 Å². The molecule has 4 unspecified atom stereocenters. The molecule has 3 N–H and O–H groups in total.